The van der Waals surface area contributed by atoms with E-state index in [1.807, 2.05) is 24.3 Å². The van der Waals surface area contributed by atoms with Crippen LogP contribution in [0, 0.1) is 0 Å². The van der Waals surface area contributed by atoms with Gasteiger partial charge in [-0.25, -0.2) is 0 Å². The molecule has 0 spiro atoms. The minimum atomic E-state index is 0.117. The molecule has 0 bridgehead atoms. The molecule has 1 heterocycles. The van der Waals surface area contributed by atoms with Gasteiger partial charge in [-0.3, -0.25) is 9.69 Å². The van der Waals surface area contributed by atoms with Gasteiger partial charge in [-0.05, 0) is 36.8 Å². The zero-order chi connectivity index (χ0) is 17.4. The molecule has 0 aromatic heterocycles. The van der Waals surface area contributed by atoms with Crippen molar-refractivity contribution in [2.45, 2.75) is 19.8 Å². The molecule has 0 saturated carbocycles. The molecule has 2 rings (SSSR count). The van der Waals surface area contributed by atoms with Crippen molar-refractivity contribution >= 4 is 44.9 Å². The molecular weight excluding hydrogens is 388 g/mol. The van der Waals surface area contributed by atoms with Gasteiger partial charge in [0.25, 0.3) is 0 Å². The molecule has 1 saturated heterocycles. The van der Waals surface area contributed by atoms with E-state index in [9.17, 15) is 4.79 Å². The van der Waals surface area contributed by atoms with E-state index in [2.05, 4.69) is 43.3 Å². The highest BCUT2D eigenvalue weighted by Gasteiger charge is 2.20. The number of carbonyl (C=O) groups is 1. The van der Waals surface area contributed by atoms with Gasteiger partial charge in [0.2, 0.25) is 5.91 Å². The lowest BCUT2D eigenvalue weighted by Crippen LogP contribution is -2.52. The minimum absolute atomic E-state index is 0.117. The van der Waals surface area contributed by atoms with Gasteiger partial charge in [0.05, 0.1) is 6.54 Å². The summed E-state index contributed by atoms with van der Waals surface area (Å²) < 4.78 is 1.02. The number of rotatable bonds is 6. The third-order valence-electron chi connectivity index (χ3n) is 3.96. The highest BCUT2D eigenvalue weighted by atomic mass is 79.9. The Kier molecular flexibility index (Phi) is 7.94. The maximum atomic E-state index is 11.9. The summed E-state index contributed by atoms with van der Waals surface area (Å²) in [5.41, 5.74) is 0.979. The van der Waals surface area contributed by atoms with Crippen molar-refractivity contribution in [1.82, 2.24) is 15.1 Å². The van der Waals surface area contributed by atoms with Crippen LogP contribution in [0.4, 0.5) is 5.69 Å². The van der Waals surface area contributed by atoms with E-state index in [0.29, 0.717) is 6.54 Å². The SMILES string of the molecule is CCCCNC(=O)CN1CCN(C(=S)Nc2cccc(Br)c2)CC1. The molecule has 2 N–H and O–H groups in total. The summed E-state index contributed by atoms with van der Waals surface area (Å²) >= 11 is 8.96. The molecule has 1 amide bonds. The molecule has 1 fully saturated rings. The maximum absolute atomic E-state index is 11.9. The molecule has 5 nitrogen and oxygen atoms in total. The Morgan fingerprint density at radius 2 is 2.04 bits per heavy atom. The second-order valence-electron chi connectivity index (χ2n) is 5.91. The number of piperazine rings is 1. The second kappa shape index (κ2) is 9.96. The van der Waals surface area contributed by atoms with Crippen LogP contribution in [0.1, 0.15) is 19.8 Å². The largest absolute Gasteiger partial charge is 0.355 e. The summed E-state index contributed by atoms with van der Waals surface area (Å²) in [6, 6.07) is 7.96. The number of halogens is 1. The highest BCUT2D eigenvalue weighted by Crippen LogP contribution is 2.16. The van der Waals surface area contributed by atoms with Gasteiger partial charge in [0, 0.05) is 42.9 Å². The van der Waals surface area contributed by atoms with Crippen molar-refractivity contribution in [1.29, 1.82) is 0 Å². The first kappa shape index (κ1) is 19.1. The smallest absolute Gasteiger partial charge is 0.234 e. The van der Waals surface area contributed by atoms with Gasteiger partial charge in [0.1, 0.15) is 0 Å². The number of thiocarbonyl (C=S) groups is 1. The Balaban J connectivity index is 1.72. The molecule has 1 aliphatic heterocycles. The third kappa shape index (κ3) is 6.37. The van der Waals surface area contributed by atoms with E-state index >= 15 is 0 Å². The summed E-state index contributed by atoms with van der Waals surface area (Å²) in [5.74, 6) is 0.117. The van der Waals surface area contributed by atoms with Crippen molar-refractivity contribution in [3.63, 3.8) is 0 Å². The van der Waals surface area contributed by atoms with Crippen LogP contribution >= 0.6 is 28.1 Å². The van der Waals surface area contributed by atoms with Crippen LogP contribution in [-0.2, 0) is 4.79 Å². The average molecular weight is 413 g/mol. The van der Waals surface area contributed by atoms with Crippen LogP contribution in [0.15, 0.2) is 28.7 Å². The number of anilines is 1. The van der Waals surface area contributed by atoms with Gasteiger partial charge >= 0.3 is 0 Å². The van der Waals surface area contributed by atoms with Gasteiger partial charge in [-0.1, -0.05) is 35.3 Å². The Labute approximate surface area is 157 Å². The summed E-state index contributed by atoms with van der Waals surface area (Å²) in [7, 11) is 0. The number of benzene rings is 1. The van der Waals surface area contributed by atoms with Gasteiger partial charge in [-0.15, -0.1) is 0 Å². The minimum Gasteiger partial charge on any atom is -0.355 e. The Morgan fingerprint density at radius 3 is 2.71 bits per heavy atom. The van der Waals surface area contributed by atoms with Crippen LogP contribution in [0.25, 0.3) is 0 Å². The molecule has 0 radical (unpaired) electrons. The number of hydrogen-bond donors (Lipinski definition) is 2. The average Bonchev–Trinajstić information content (AvgIpc) is 2.55. The molecule has 0 atom stereocenters. The van der Waals surface area contributed by atoms with Gasteiger partial charge < -0.3 is 15.5 Å². The van der Waals surface area contributed by atoms with Crippen LogP contribution in [0.2, 0.25) is 0 Å². The fraction of sp³-hybridized carbons (Fsp3) is 0.529. The zero-order valence-electron chi connectivity index (χ0n) is 14.1. The van der Waals surface area contributed by atoms with Gasteiger partial charge in [0.15, 0.2) is 5.11 Å². The molecule has 0 unspecified atom stereocenters. The van der Waals surface area contributed by atoms with Crippen LogP contribution in [0.3, 0.4) is 0 Å². The quantitative estimate of drug-likeness (QED) is 0.555. The second-order valence-corrected chi connectivity index (χ2v) is 7.21. The van der Waals surface area contributed by atoms with E-state index in [1.165, 1.54) is 0 Å². The zero-order valence-corrected chi connectivity index (χ0v) is 16.5. The lowest BCUT2D eigenvalue weighted by molar-refractivity contribution is -0.122. The topological polar surface area (TPSA) is 47.6 Å². The predicted molar refractivity (Wildman–Crippen MR) is 106 cm³/mol. The molecule has 1 aromatic rings. The number of unbranched alkanes of at least 4 members (excludes halogenated alkanes) is 1. The van der Waals surface area contributed by atoms with Crippen molar-refractivity contribution in [3.8, 4) is 0 Å². The molecule has 1 aliphatic rings. The Bertz CT molecular complexity index is 561. The molecular formula is C17H25BrN4OS. The Hall–Kier alpha value is -1.18. The third-order valence-corrected chi connectivity index (χ3v) is 4.81. The van der Waals surface area contributed by atoms with Crippen molar-refractivity contribution in [2.24, 2.45) is 0 Å². The molecule has 0 aliphatic carbocycles. The first-order valence-electron chi connectivity index (χ1n) is 8.39. The maximum Gasteiger partial charge on any atom is 0.234 e. The fourth-order valence-corrected chi connectivity index (χ4v) is 3.24. The standard InChI is InChI=1S/C17H25BrN4OS/c1-2-3-7-19-16(23)13-21-8-10-22(11-9-21)17(24)20-15-6-4-5-14(18)12-15/h4-6,12H,2-3,7-11,13H2,1H3,(H,19,23)(H,20,24). The van der Waals surface area contributed by atoms with E-state index in [4.69, 9.17) is 12.2 Å². The summed E-state index contributed by atoms with van der Waals surface area (Å²) in [4.78, 5) is 16.2. The number of nitrogens with zero attached hydrogens (tertiary/aromatic N) is 2. The van der Waals surface area contributed by atoms with Crippen LogP contribution < -0.4 is 10.6 Å². The number of carbonyl (C=O) groups excluding carboxylic acids is 1. The van der Waals surface area contributed by atoms with Crippen molar-refractivity contribution in [2.75, 3.05) is 44.6 Å². The van der Waals surface area contributed by atoms with E-state index in [0.717, 1.165) is 60.8 Å². The molecule has 24 heavy (non-hydrogen) atoms. The summed E-state index contributed by atoms with van der Waals surface area (Å²) in [5, 5.41) is 6.97. The van der Waals surface area contributed by atoms with Crippen LogP contribution in [0.5, 0.6) is 0 Å². The van der Waals surface area contributed by atoms with E-state index < -0.39 is 0 Å². The lowest BCUT2D eigenvalue weighted by atomic mass is 10.3. The number of nitrogens with one attached hydrogen (secondary N) is 2. The first-order valence-corrected chi connectivity index (χ1v) is 9.59. The predicted octanol–water partition coefficient (Wildman–Crippen LogP) is 2.68. The number of hydrogen-bond acceptors (Lipinski definition) is 3. The lowest BCUT2D eigenvalue weighted by Gasteiger charge is -2.35. The van der Waals surface area contributed by atoms with Gasteiger partial charge in [-0.2, -0.15) is 0 Å². The molecule has 7 heteroatoms. The monoisotopic (exact) mass is 412 g/mol. The normalized spacial score (nSPS) is 15.2. The van der Waals surface area contributed by atoms with Crippen molar-refractivity contribution < 1.29 is 4.79 Å². The molecule has 132 valence electrons. The molecule has 1 aromatic carbocycles. The van der Waals surface area contributed by atoms with E-state index in [1.54, 1.807) is 0 Å². The summed E-state index contributed by atoms with van der Waals surface area (Å²) in [6.07, 6.45) is 2.14. The fourth-order valence-electron chi connectivity index (χ4n) is 2.54. The number of amides is 1. The first-order chi connectivity index (χ1) is 11.6. The van der Waals surface area contributed by atoms with Crippen LogP contribution in [-0.4, -0.2) is 60.1 Å². The highest BCUT2D eigenvalue weighted by molar-refractivity contribution is 9.10. The Morgan fingerprint density at radius 1 is 1.29 bits per heavy atom. The van der Waals surface area contributed by atoms with Crippen molar-refractivity contribution in [3.05, 3.63) is 28.7 Å². The summed E-state index contributed by atoms with van der Waals surface area (Å²) in [6.45, 7) is 6.74. The van der Waals surface area contributed by atoms with E-state index in [-0.39, 0.29) is 5.91 Å².